The second-order valence-electron chi connectivity index (χ2n) is 8.91. The maximum Gasteiger partial charge on any atom is 0.264 e. The number of sulfonamides is 2. The van der Waals surface area contributed by atoms with Crippen LogP contribution in [-0.4, -0.2) is 48.6 Å². The maximum absolute atomic E-state index is 12.8. The number of nitrogens with one attached hydrogen (secondary N) is 4. The van der Waals surface area contributed by atoms with Crippen molar-refractivity contribution in [1.82, 2.24) is 19.9 Å². The molecule has 0 saturated heterocycles. The third-order valence-corrected chi connectivity index (χ3v) is 8.72. The molecule has 0 aliphatic heterocycles. The molecule has 14 nitrogen and oxygen atoms in total. The van der Waals surface area contributed by atoms with Crippen molar-refractivity contribution < 1.29 is 26.4 Å². The molecule has 1 aliphatic carbocycles. The molecule has 4 aromatic rings. The normalized spacial score (nSPS) is 16.2. The van der Waals surface area contributed by atoms with Crippen LogP contribution in [0, 0.1) is 11.8 Å². The molecule has 0 spiro atoms. The minimum atomic E-state index is -3.94. The Morgan fingerprint density at radius 3 is 1.26 bits per heavy atom. The van der Waals surface area contributed by atoms with Gasteiger partial charge < -0.3 is 10.6 Å². The van der Waals surface area contributed by atoms with Gasteiger partial charge in [-0.2, -0.15) is 0 Å². The van der Waals surface area contributed by atoms with Crippen molar-refractivity contribution >= 4 is 55.1 Å². The van der Waals surface area contributed by atoms with Gasteiger partial charge in [-0.05, 0) is 60.7 Å². The van der Waals surface area contributed by atoms with Gasteiger partial charge in [0.05, 0.1) is 21.6 Å². The maximum atomic E-state index is 12.8. The van der Waals surface area contributed by atoms with Gasteiger partial charge in [-0.25, -0.2) is 46.2 Å². The van der Waals surface area contributed by atoms with Crippen molar-refractivity contribution in [2.24, 2.45) is 11.8 Å². The number of hydrogen-bond donors (Lipinski definition) is 4. The van der Waals surface area contributed by atoms with E-state index in [1.165, 1.54) is 73.3 Å². The summed E-state index contributed by atoms with van der Waals surface area (Å²) >= 11 is 0. The smallest absolute Gasteiger partial charge is 0.264 e. The number of hydrogen-bond acceptors (Lipinski definition) is 10. The van der Waals surface area contributed by atoms with Crippen molar-refractivity contribution in [2.75, 3.05) is 20.1 Å². The van der Waals surface area contributed by atoms with E-state index >= 15 is 0 Å². The first kappa shape index (κ1) is 28.3. The van der Waals surface area contributed by atoms with Gasteiger partial charge >= 0.3 is 0 Å². The van der Waals surface area contributed by atoms with E-state index in [-0.39, 0.29) is 21.7 Å². The first-order valence-corrected chi connectivity index (χ1v) is 15.1. The van der Waals surface area contributed by atoms with E-state index < -0.39 is 43.7 Å². The van der Waals surface area contributed by atoms with Crippen LogP contribution in [-0.2, 0) is 29.6 Å². The summed E-state index contributed by atoms with van der Waals surface area (Å²) in [4.78, 5) is 40.8. The average Bonchev–Trinajstić information content (AvgIpc) is 3.65. The molecule has 1 aliphatic rings. The van der Waals surface area contributed by atoms with Crippen molar-refractivity contribution in [3.05, 3.63) is 97.6 Å². The Morgan fingerprint density at radius 2 is 0.929 bits per heavy atom. The van der Waals surface area contributed by atoms with Crippen LogP contribution in [0.1, 0.15) is 0 Å². The Hall–Kier alpha value is -5.22. The van der Waals surface area contributed by atoms with Gasteiger partial charge in [-0.3, -0.25) is 9.59 Å². The molecule has 2 amide bonds. The molecular weight excluding hydrogens is 584 g/mol. The fraction of sp³-hybridized carbons (Fsp3) is 0.0769. The number of nitrogens with zero attached hydrogens (tertiary/aromatic N) is 4. The molecule has 2 heterocycles. The van der Waals surface area contributed by atoms with E-state index in [1.807, 2.05) is 0 Å². The first-order valence-electron chi connectivity index (χ1n) is 12.1. The SMILES string of the molecule is C=C1[C@H](C(=O)Nc2ccc(S(=O)(=O)Nc3ncccn3)cc2)[C@H]1C(=O)Nc1ccc(S(=O)(=O)Nc2ncccn2)cc1. The predicted octanol–water partition coefficient (Wildman–Crippen LogP) is 2.25. The Kier molecular flexibility index (Phi) is 7.64. The van der Waals surface area contributed by atoms with Crippen molar-refractivity contribution in [2.45, 2.75) is 9.79 Å². The van der Waals surface area contributed by atoms with Gasteiger partial charge in [0, 0.05) is 36.2 Å². The summed E-state index contributed by atoms with van der Waals surface area (Å²) in [6.45, 7) is 3.81. The van der Waals surface area contributed by atoms with Gasteiger partial charge in [0.2, 0.25) is 23.7 Å². The number of carbonyl (C=O) groups excluding carboxylic acids is 2. The lowest BCUT2D eigenvalue weighted by molar-refractivity contribution is -0.122. The largest absolute Gasteiger partial charge is 0.326 e. The molecule has 1 saturated carbocycles. The van der Waals surface area contributed by atoms with Crippen LogP contribution in [0.2, 0.25) is 0 Å². The molecule has 5 rings (SSSR count). The molecule has 0 bridgehead atoms. The third kappa shape index (κ3) is 6.39. The molecule has 2 aromatic carbocycles. The van der Waals surface area contributed by atoms with Crippen molar-refractivity contribution in [1.29, 1.82) is 0 Å². The minimum Gasteiger partial charge on any atom is -0.326 e. The highest BCUT2D eigenvalue weighted by molar-refractivity contribution is 7.93. The lowest BCUT2D eigenvalue weighted by Crippen LogP contribution is -2.21. The molecule has 42 heavy (non-hydrogen) atoms. The molecule has 0 radical (unpaired) electrons. The van der Waals surface area contributed by atoms with Gasteiger partial charge in [0.25, 0.3) is 20.0 Å². The third-order valence-electron chi connectivity index (χ3n) is 6.04. The second-order valence-corrected chi connectivity index (χ2v) is 12.3. The summed E-state index contributed by atoms with van der Waals surface area (Å²) in [5.41, 5.74) is 1.04. The monoisotopic (exact) mass is 606 g/mol. The molecule has 4 N–H and O–H groups in total. The molecule has 0 unspecified atom stereocenters. The van der Waals surface area contributed by atoms with Crippen LogP contribution in [0.5, 0.6) is 0 Å². The highest BCUT2D eigenvalue weighted by Crippen LogP contribution is 2.45. The Morgan fingerprint density at radius 1 is 0.595 bits per heavy atom. The fourth-order valence-electron chi connectivity index (χ4n) is 3.89. The van der Waals surface area contributed by atoms with E-state index in [1.54, 1.807) is 12.1 Å². The first-order chi connectivity index (χ1) is 20.0. The summed E-state index contributed by atoms with van der Waals surface area (Å²) in [5.74, 6) is -2.71. The summed E-state index contributed by atoms with van der Waals surface area (Å²) in [6, 6.07) is 14.0. The predicted molar refractivity (Wildman–Crippen MR) is 152 cm³/mol. The molecule has 2 atom stereocenters. The topological polar surface area (TPSA) is 202 Å². The molecule has 1 fully saturated rings. The van der Waals surface area contributed by atoms with E-state index in [4.69, 9.17) is 0 Å². The standard InChI is InChI=1S/C26H22N8O6S2/c1-16-21(23(35)31-17-4-8-19(9-5-17)41(37,38)33-25-27-12-2-13-28-25)22(16)24(36)32-18-6-10-20(11-7-18)42(39,40)34-26-29-14-3-15-30-26/h2-15,21-22H,1H2,(H,31,35)(H,32,36)(H,27,28,33)(H,29,30,34)/t21-,22-/m0/s1. The second kappa shape index (κ2) is 11.3. The Bertz CT molecular complexity index is 1720. The van der Waals surface area contributed by atoms with Crippen LogP contribution < -0.4 is 20.1 Å². The average molecular weight is 607 g/mol. The summed E-state index contributed by atoms with van der Waals surface area (Å²) < 4.78 is 54.6. The van der Waals surface area contributed by atoms with Crippen LogP contribution in [0.3, 0.4) is 0 Å². The van der Waals surface area contributed by atoms with Gasteiger partial charge in [-0.1, -0.05) is 12.2 Å². The number of aromatic nitrogens is 4. The summed E-state index contributed by atoms with van der Waals surface area (Å²) in [5, 5.41) is 5.30. The molecule has 2 aromatic heterocycles. The van der Waals surface area contributed by atoms with Gasteiger partial charge in [-0.15, -0.1) is 0 Å². The lowest BCUT2D eigenvalue weighted by Gasteiger charge is -2.09. The summed E-state index contributed by atoms with van der Waals surface area (Å²) in [7, 11) is -7.89. The van der Waals surface area contributed by atoms with Crippen molar-refractivity contribution in [3.63, 3.8) is 0 Å². The van der Waals surface area contributed by atoms with Crippen LogP contribution in [0.25, 0.3) is 0 Å². The van der Waals surface area contributed by atoms with Gasteiger partial charge in [0.15, 0.2) is 0 Å². The molecule has 16 heteroatoms. The van der Waals surface area contributed by atoms with E-state index in [2.05, 4.69) is 46.6 Å². The van der Waals surface area contributed by atoms with E-state index in [0.29, 0.717) is 16.9 Å². The highest BCUT2D eigenvalue weighted by Gasteiger charge is 2.52. The zero-order chi connectivity index (χ0) is 29.9. The van der Waals surface area contributed by atoms with E-state index in [9.17, 15) is 26.4 Å². The number of rotatable bonds is 10. The van der Waals surface area contributed by atoms with Crippen LogP contribution in [0.15, 0.2) is 107 Å². The Labute approximate surface area is 240 Å². The number of benzene rings is 2. The van der Waals surface area contributed by atoms with Gasteiger partial charge in [0.1, 0.15) is 0 Å². The van der Waals surface area contributed by atoms with E-state index in [0.717, 1.165) is 0 Å². The van der Waals surface area contributed by atoms with Crippen molar-refractivity contribution in [3.8, 4) is 0 Å². The zero-order valence-electron chi connectivity index (χ0n) is 21.5. The number of anilines is 4. The number of amides is 2. The highest BCUT2D eigenvalue weighted by atomic mass is 32.2. The fourth-order valence-corrected chi connectivity index (χ4v) is 5.81. The quantitative estimate of drug-likeness (QED) is 0.194. The minimum absolute atomic E-state index is 0.0657. The number of carbonyl (C=O) groups is 2. The zero-order valence-corrected chi connectivity index (χ0v) is 23.1. The van der Waals surface area contributed by atoms with Crippen LogP contribution >= 0.6 is 0 Å². The lowest BCUT2D eigenvalue weighted by atomic mass is 10.2. The summed E-state index contributed by atoms with van der Waals surface area (Å²) in [6.07, 6.45) is 5.58. The van der Waals surface area contributed by atoms with Crippen LogP contribution in [0.4, 0.5) is 23.3 Å². The Balaban J connectivity index is 1.16. The molecule has 214 valence electrons. The molecular formula is C26H22N8O6S2.